The van der Waals surface area contributed by atoms with E-state index in [-0.39, 0.29) is 30.1 Å². The Labute approximate surface area is 169 Å². The molecule has 3 rings (SSSR count). The minimum absolute atomic E-state index is 0.0457. The van der Waals surface area contributed by atoms with Gasteiger partial charge < -0.3 is 10.2 Å². The van der Waals surface area contributed by atoms with Crippen LogP contribution in [0.2, 0.25) is 0 Å². The van der Waals surface area contributed by atoms with Crippen molar-refractivity contribution < 1.29 is 28.4 Å². The topological polar surface area (TPSA) is 107 Å². The summed E-state index contributed by atoms with van der Waals surface area (Å²) in [5.74, 6) is -2.15. The van der Waals surface area contributed by atoms with E-state index < -0.39 is 41.4 Å². The van der Waals surface area contributed by atoms with Crippen LogP contribution < -0.4 is 5.32 Å². The van der Waals surface area contributed by atoms with E-state index in [2.05, 4.69) is 5.32 Å². The molecule has 0 aliphatic carbocycles. The molecule has 0 spiro atoms. The Balaban J connectivity index is 1.53. The predicted octanol–water partition coefficient (Wildman–Crippen LogP) is 0.872. The van der Waals surface area contributed by atoms with Crippen LogP contribution in [0, 0.1) is 5.82 Å². The lowest BCUT2D eigenvalue weighted by atomic mass is 10.2. The Morgan fingerprint density at radius 2 is 1.93 bits per heavy atom. The molecule has 9 nitrogen and oxygen atoms in total. The molecule has 0 bridgehead atoms. The summed E-state index contributed by atoms with van der Waals surface area (Å²) in [6.45, 7) is -0.656. The van der Waals surface area contributed by atoms with E-state index >= 15 is 0 Å². The Hall–Kier alpha value is -3.21. The van der Waals surface area contributed by atoms with Gasteiger partial charge in [-0.3, -0.25) is 29.0 Å². The zero-order valence-electron chi connectivity index (χ0n) is 15.4. The summed E-state index contributed by atoms with van der Waals surface area (Å²) in [4.78, 5) is 62.9. The molecule has 2 aliphatic heterocycles. The van der Waals surface area contributed by atoms with E-state index in [1.807, 2.05) is 0 Å². The molecule has 2 fully saturated rings. The number of carbonyl (C=O) groups is 5. The highest BCUT2D eigenvalue weighted by Gasteiger charge is 2.36. The van der Waals surface area contributed by atoms with Crippen LogP contribution in [-0.4, -0.2) is 76.9 Å². The standard InChI is InChI=1S/C18H17FN4O5S/c1-21-10-15(25)23(17(21)27)9-14(24)20-6-7-22-16(26)13(29-18(22)28)8-11-4-2-3-5-12(11)19/h2-5,8H,6-7,9-10H2,1H3,(H,20,24). The monoisotopic (exact) mass is 420 g/mol. The van der Waals surface area contributed by atoms with Gasteiger partial charge in [-0.05, 0) is 23.9 Å². The lowest BCUT2D eigenvalue weighted by Crippen LogP contribution is -2.43. The molecule has 2 aliphatic rings. The van der Waals surface area contributed by atoms with Crippen molar-refractivity contribution in [3.05, 3.63) is 40.6 Å². The number of nitrogens with one attached hydrogen (secondary N) is 1. The maximum atomic E-state index is 13.7. The lowest BCUT2D eigenvalue weighted by molar-refractivity contribution is -0.130. The average Bonchev–Trinajstić information content (AvgIpc) is 3.07. The van der Waals surface area contributed by atoms with Crippen LogP contribution in [0.1, 0.15) is 5.56 Å². The van der Waals surface area contributed by atoms with Gasteiger partial charge in [-0.2, -0.15) is 0 Å². The van der Waals surface area contributed by atoms with E-state index in [4.69, 9.17) is 0 Å². The molecule has 1 aromatic rings. The van der Waals surface area contributed by atoms with Crippen molar-refractivity contribution in [3.8, 4) is 0 Å². The highest BCUT2D eigenvalue weighted by molar-refractivity contribution is 8.18. The van der Waals surface area contributed by atoms with Gasteiger partial charge in [0.2, 0.25) is 5.91 Å². The van der Waals surface area contributed by atoms with E-state index in [0.29, 0.717) is 11.8 Å². The summed E-state index contributed by atoms with van der Waals surface area (Å²) in [6.07, 6.45) is 1.31. The summed E-state index contributed by atoms with van der Waals surface area (Å²) in [5, 5.41) is 1.94. The number of carbonyl (C=O) groups excluding carboxylic acids is 5. The highest BCUT2D eigenvalue weighted by Crippen LogP contribution is 2.32. The molecule has 0 aromatic heterocycles. The lowest BCUT2D eigenvalue weighted by Gasteiger charge is -2.15. The van der Waals surface area contributed by atoms with Gasteiger partial charge in [-0.1, -0.05) is 18.2 Å². The number of imide groups is 2. The third kappa shape index (κ3) is 4.45. The average molecular weight is 420 g/mol. The van der Waals surface area contributed by atoms with E-state index in [0.717, 1.165) is 9.80 Å². The number of halogens is 1. The van der Waals surface area contributed by atoms with E-state index in [1.165, 1.54) is 36.2 Å². The third-order valence-corrected chi connectivity index (χ3v) is 5.16. The maximum absolute atomic E-state index is 13.7. The summed E-state index contributed by atoms with van der Waals surface area (Å²) in [6, 6.07) is 5.31. The Morgan fingerprint density at radius 1 is 1.21 bits per heavy atom. The highest BCUT2D eigenvalue weighted by atomic mass is 32.2. The van der Waals surface area contributed by atoms with Gasteiger partial charge in [-0.15, -0.1) is 0 Å². The molecule has 0 radical (unpaired) electrons. The quantitative estimate of drug-likeness (QED) is 0.541. The molecule has 1 N–H and O–H groups in total. The Bertz CT molecular complexity index is 935. The van der Waals surface area contributed by atoms with Crippen molar-refractivity contribution >= 4 is 46.8 Å². The Kier molecular flexibility index (Phi) is 5.97. The molecule has 0 unspecified atom stereocenters. The van der Waals surface area contributed by atoms with Crippen molar-refractivity contribution in [1.82, 2.24) is 20.0 Å². The SMILES string of the molecule is CN1CC(=O)N(CC(=O)NCCN2C(=O)SC(=Cc3ccccc3F)C2=O)C1=O. The third-order valence-electron chi connectivity index (χ3n) is 4.26. The zero-order valence-corrected chi connectivity index (χ0v) is 16.2. The number of urea groups is 1. The minimum Gasteiger partial charge on any atom is -0.353 e. The van der Waals surface area contributed by atoms with E-state index in [9.17, 15) is 28.4 Å². The molecule has 2 saturated heterocycles. The Morgan fingerprint density at radius 3 is 2.59 bits per heavy atom. The normalized spacial score (nSPS) is 18.4. The number of nitrogens with zero attached hydrogens (tertiary/aromatic N) is 3. The van der Waals surface area contributed by atoms with Crippen molar-refractivity contribution in [2.24, 2.45) is 0 Å². The number of benzene rings is 1. The fourth-order valence-corrected chi connectivity index (χ4v) is 3.61. The van der Waals surface area contributed by atoms with Crippen molar-refractivity contribution in [2.45, 2.75) is 0 Å². The fraction of sp³-hybridized carbons (Fsp3) is 0.278. The van der Waals surface area contributed by atoms with Crippen LogP contribution in [-0.2, 0) is 14.4 Å². The summed E-state index contributed by atoms with van der Waals surface area (Å²) < 4.78 is 13.7. The molecular formula is C18H17FN4O5S. The minimum atomic E-state index is -0.587. The second-order valence-corrected chi connectivity index (χ2v) is 7.32. The molecule has 0 saturated carbocycles. The van der Waals surface area contributed by atoms with Crippen LogP contribution in [0.5, 0.6) is 0 Å². The first kappa shape index (κ1) is 20.5. The van der Waals surface area contributed by atoms with Crippen LogP contribution in [0.25, 0.3) is 6.08 Å². The number of thioether (sulfide) groups is 1. The van der Waals surface area contributed by atoms with E-state index in [1.54, 1.807) is 6.07 Å². The smallest absolute Gasteiger partial charge is 0.327 e. The fourth-order valence-electron chi connectivity index (χ4n) is 2.76. The summed E-state index contributed by atoms with van der Waals surface area (Å²) in [7, 11) is 1.45. The first-order valence-corrected chi connectivity index (χ1v) is 9.41. The largest absolute Gasteiger partial charge is 0.353 e. The second kappa shape index (κ2) is 8.43. The number of hydrogen-bond acceptors (Lipinski definition) is 6. The van der Waals surface area contributed by atoms with Gasteiger partial charge in [0.25, 0.3) is 17.1 Å². The van der Waals surface area contributed by atoms with Gasteiger partial charge in [0.05, 0.1) is 4.91 Å². The molecule has 29 heavy (non-hydrogen) atoms. The van der Waals surface area contributed by atoms with Crippen LogP contribution in [0.4, 0.5) is 14.0 Å². The number of likely N-dealkylation sites (N-methyl/N-ethyl adjacent to an activating group) is 1. The van der Waals surface area contributed by atoms with Gasteiger partial charge in [0, 0.05) is 25.7 Å². The molecule has 11 heteroatoms. The molecule has 152 valence electrons. The number of hydrogen-bond donors (Lipinski definition) is 1. The first-order chi connectivity index (χ1) is 13.8. The van der Waals surface area contributed by atoms with Gasteiger partial charge in [0.1, 0.15) is 18.9 Å². The summed E-state index contributed by atoms with van der Waals surface area (Å²) in [5.41, 5.74) is 0.191. The van der Waals surface area contributed by atoms with Crippen LogP contribution >= 0.6 is 11.8 Å². The first-order valence-electron chi connectivity index (χ1n) is 8.60. The predicted molar refractivity (Wildman–Crippen MR) is 102 cm³/mol. The van der Waals surface area contributed by atoms with Crippen molar-refractivity contribution in [1.29, 1.82) is 0 Å². The van der Waals surface area contributed by atoms with Gasteiger partial charge in [0.15, 0.2) is 0 Å². The number of amides is 6. The molecule has 0 atom stereocenters. The summed E-state index contributed by atoms with van der Waals surface area (Å²) >= 11 is 0.687. The van der Waals surface area contributed by atoms with Gasteiger partial charge in [-0.25, -0.2) is 9.18 Å². The molecule has 1 aromatic carbocycles. The molecule has 2 heterocycles. The molecule has 6 amide bonds. The number of rotatable bonds is 6. The van der Waals surface area contributed by atoms with Crippen LogP contribution in [0.3, 0.4) is 0 Å². The molecular weight excluding hydrogens is 403 g/mol. The zero-order chi connectivity index (χ0) is 21.1. The maximum Gasteiger partial charge on any atom is 0.327 e. The van der Waals surface area contributed by atoms with Crippen molar-refractivity contribution in [3.63, 3.8) is 0 Å². The van der Waals surface area contributed by atoms with Crippen molar-refractivity contribution in [2.75, 3.05) is 33.2 Å². The van der Waals surface area contributed by atoms with Crippen LogP contribution in [0.15, 0.2) is 29.2 Å². The van der Waals surface area contributed by atoms with Gasteiger partial charge >= 0.3 is 6.03 Å². The second-order valence-electron chi connectivity index (χ2n) is 6.32.